The molecule has 1 aromatic carbocycles. The van der Waals surface area contributed by atoms with E-state index in [2.05, 4.69) is 20.5 Å². The highest BCUT2D eigenvalue weighted by molar-refractivity contribution is 7.13. The summed E-state index contributed by atoms with van der Waals surface area (Å²) in [5.41, 5.74) is 1.08. The molecule has 1 heterocycles. The second-order valence-corrected chi connectivity index (χ2v) is 5.82. The monoisotopic (exact) mass is 320 g/mol. The second-order valence-electron chi connectivity index (χ2n) is 4.93. The average Bonchev–Trinajstić information content (AvgIpc) is 3.00. The quantitative estimate of drug-likeness (QED) is 0.858. The highest BCUT2D eigenvalue weighted by Gasteiger charge is 2.16. The summed E-state index contributed by atoms with van der Waals surface area (Å²) in [6, 6.07) is 7.64. The first kappa shape index (κ1) is 16.3. The number of nitrogens with one attached hydrogen (secondary N) is 2. The molecule has 2 rings (SSSR count). The largest absolute Gasteiger partial charge is 0.497 e. The number of carbonyl (C=O) groups excluding carboxylic acids is 1. The van der Waals surface area contributed by atoms with E-state index in [0.29, 0.717) is 11.7 Å². The van der Waals surface area contributed by atoms with Gasteiger partial charge in [-0.3, -0.25) is 5.32 Å². The fraction of sp³-hybridized carbons (Fsp3) is 0.333. The van der Waals surface area contributed by atoms with Crippen molar-refractivity contribution >= 4 is 22.5 Å². The van der Waals surface area contributed by atoms with Crippen LogP contribution in [0.3, 0.4) is 0 Å². The Bertz CT molecular complexity index is 601. The van der Waals surface area contributed by atoms with E-state index in [9.17, 15) is 4.79 Å². The van der Waals surface area contributed by atoms with Crippen LogP contribution in [0.25, 0.3) is 0 Å². The number of anilines is 1. The zero-order valence-corrected chi connectivity index (χ0v) is 13.7. The number of aromatic nitrogens is 1. The molecule has 0 aliphatic heterocycles. The third-order valence-electron chi connectivity index (χ3n) is 3.21. The first-order valence-corrected chi connectivity index (χ1v) is 7.73. The molecular formula is C15H20N4O2S. The fourth-order valence-electron chi connectivity index (χ4n) is 2.06. The molecule has 118 valence electrons. The fourth-order valence-corrected chi connectivity index (χ4v) is 2.59. The van der Waals surface area contributed by atoms with Gasteiger partial charge in [0.1, 0.15) is 5.75 Å². The maximum absolute atomic E-state index is 11.9. The van der Waals surface area contributed by atoms with Crippen molar-refractivity contribution in [2.45, 2.75) is 6.04 Å². The van der Waals surface area contributed by atoms with Gasteiger partial charge in [0.05, 0.1) is 13.2 Å². The van der Waals surface area contributed by atoms with Gasteiger partial charge < -0.3 is 15.0 Å². The van der Waals surface area contributed by atoms with Gasteiger partial charge in [0.25, 0.3) is 0 Å². The van der Waals surface area contributed by atoms with E-state index in [0.717, 1.165) is 11.3 Å². The van der Waals surface area contributed by atoms with Crippen LogP contribution in [0, 0.1) is 0 Å². The van der Waals surface area contributed by atoms with Crippen LogP contribution in [0.4, 0.5) is 9.93 Å². The third-order valence-corrected chi connectivity index (χ3v) is 3.90. The summed E-state index contributed by atoms with van der Waals surface area (Å²) in [6.07, 6.45) is 1.65. The van der Waals surface area contributed by atoms with Crippen LogP contribution in [-0.2, 0) is 0 Å². The molecule has 1 atom stereocenters. The van der Waals surface area contributed by atoms with E-state index in [1.165, 1.54) is 11.3 Å². The first-order chi connectivity index (χ1) is 10.6. The minimum atomic E-state index is -0.260. The summed E-state index contributed by atoms with van der Waals surface area (Å²) in [7, 11) is 5.60. The molecule has 2 amide bonds. The van der Waals surface area contributed by atoms with Crippen LogP contribution < -0.4 is 15.4 Å². The maximum atomic E-state index is 11.9. The van der Waals surface area contributed by atoms with Gasteiger partial charge in [-0.15, -0.1) is 11.3 Å². The SMILES string of the molecule is COc1cccc([C@@H](CNC(=O)Nc2nccs2)N(C)C)c1. The predicted molar refractivity (Wildman–Crippen MR) is 88.6 cm³/mol. The summed E-state index contributed by atoms with van der Waals surface area (Å²) in [5.74, 6) is 0.802. The molecule has 0 bridgehead atoms. The standard InChI is InChI=1S/C15H20N4O2S/c1-19(2)13(11-5-4-6-12(9-11)21-3)10-17-14(20)18-15-16-7-8-22-15/h4-9,13H,10H2,1-3H3,(H2,16,17,18,20)/t13-/m1/s1. The summed E-state index contributed by atoms with van der Waals surface area (Å²) in [4.78, 5) is 18.0. The molecule has 1 aromatic heterocycles. The number of thiazole rings is 1. The maximum Gasteiger partial charge on any atom is 0.321 e. The van der Waals surface area contributed by atoms with Gasteiger partial charge in [-0.05, 0) is 31.8 Å². The first-order valence-electron chi connectivity index (χ1n) is 6.85. The van der Waals surface area contributed by atoms with Crippen molar-refractivity contribution in [3.8, 4) is 5.75 Å². The van der Waals surface area contributed by atoms with Crippen molar-refractivity contribution in [2.75, 3.05) is 33.1 Å². The minimum Gasteiger partial charge on any atom is -0.497 e. The van der Waals surface area contributed by atoms with Gasteiger partial charge in [-0.25, -0.2) is 9.78 Å². The Morgan fingerprint density at radius 2 is 2.27 bits per heavy atom. The third kappa shape index (κ3) is 4.44. The van der Waals surface area contributed by atoms with E-state index in [-0.39, 0.29) is 12.1 Å². The van der Waals surface area contributed by atoms with Crippen molar-refractivity contribution < 1.29 is 9.53 Å². The number of hydrogen-bond acceptors (Lipinski definition) is 5. The summed E-state index contributed by atoms with van der Waals surface area (Å²) >= 11 is 1.38. The molecule has 0 fully saturated rings. The molecule has 0 radical (unpaired) electrons. The minimum absolute atomic E-state index is 0.0529. The van der Waals surface area contributed by atoms with E-state index in [1.807, 2.05) is 43.7 Å². The van der Waals surface area contributed by atoms with Crippen molar-refractivity contribution in [3.05, 3.63) is 41.4 Å². The molecule has 22 heavy (non-hydrogen) atoms. The molecule has 0 saturated heterocycles. The molecule has 2 N–H and O–H groups in total. The van der Waals surface area contributed by atoms with Crippen molar-refractivity contribution in [1.82, 2.24) is 15.2 Å². The number of ether oxygens (including phenoxy) is 1. The lowest BCUT2D eigenvalue weighted by Gasteiger charge is -2.25. The Morgan fingerprint density at radius 3 is 2.91 bits per heavy atom. The van der Waals surface area contributed by atoms with Crippen LogP contribution in [-0.4, -0.2) is 43.7 Å². The molecule has 7 heteroatoms. The highest BCUT2D eigenvalue weighted by atomic mass is 32.1. The van der Waals surface area contributed by atoms with Crippen molar-refractivity contribution in [1.29, 1.82) is 0 Å². The predicted octanol–water partition coefficient (Wildman–Crippen LogP) is 2.58. The van der Waals surface area contributed by atoms with E-state index in [4.69, 9.17) is 4.74 Å². The zero-order chi connectivity index (χ0) is 15.9. The Morgan fingerprint density at radius 1 is 1.45 bits per heavy atom. The normalized spacial score (nSPS) is 12.0. The zero-order valence-electron chi connectivity index (χ0n) is 12.9. The number of hydrogen-bond donors (Lipinski definition) is 2. The number of likely N-dealkylation sites (N-methyl/N-ethyl adjacent to an activating group) is 1. The lowest BCUT2D eigenvalue weighted by molar-refractivity contribution is 0.243. The average molecular weight is 320 g/mol. The smallest absolute Gasteiger partial charge is 0.321 e. The van der Waals surface area contributed by atoms with Crippen LogP contribution in [0.5, 0.6) is 5.75 Å². The summed E-state index contributed by atoms with van der Waals surface area (Å²) in [5, 5.41) is 7.97. The lowest BCUT2D eigenvalue weighted by Crippen LogP contribution is -2.36. The molecule has 0 aliphatic rings. The Hall–Kier alpha value is -2.12. The topological polar surface area (TPSA) is 66.5 Å². The van der Waals surface area contributed by atoms with Crippen molar-refractivity contribution in [2.24, 2.45) is 0 Å². The molecule has 0 aliphatic carbocycles. The van der Waals surface area contributed by atoms with E-state index in [1.54, 1.807) is 13.3 Å². The summed E-state index contributed by atoms with van der Waals surface area (Å²) < 4.78 is 5.26. The number of methoxy groups -OCH3 is 1. The highest BCUT2D eigenvalue weighted by Crippen LogP contribution is 2.22. The number of urea groups is 1. The van der Waals surface area contributed by atoms with Crippen LogP contribution >= 0.6 is 11.3 Å². The van der Waals surface area contributed by atoms with Crippen LogP contribution in [0.2, 0.25) is 0 Å². The molecule has 6 nitrogen and oxygen atoms in total. The van der Waals surface area contributed by atoms with E-state index < -0.39 is 0 Å². The number of nitrogens with zero attached hydrogens (tertiary/aromatic N) is 2. The molecular weight excluding hydrogens is 300 g/mol. The van der Waals surface area contributed by atoms with Gasteiger partial charge in [0.2, 0.25) is 0 Å². The van der Waals surface area contributed by atoms with Crippen LogP contribution in [0.15, 0.2) is 35.8 Å². The lowest BCUT2D eigenvalue weighted by atomic mass is 10.1. The van der Waals surface area contributed by atoms with Gasteiger partial charge in [-0.2, -0.15) is 0 Å². The molecule has 2 aromatic rings. The Balaban J connectivity index is 1.98. The molecule has 0 unspecified atom stereocenters. The van der Waals surface area contributed by atoms with Gasteiger partial charge >= 0.3 is 6.03 Å². The van der Waals surface area contributed by atoms with Crippen molar-refractivity contribution in [3.63, 3.8) is 0 Å². The Labute approximate surface area is 134 Å². The van der Waals surface area contributed by atoms with Gasteiger partial charge in [-0.1, -0.05) is 12.1 Å². The number of benzene rings is 1. The second kappa shape index (κ2) is 7.77. The number of rotatable bonds is 6. The molecule has 0 spiro atoms. The van der Waals surface area contributed by atoms with Crippen LogP contribution in [0.1, 0.15) is 11.6 Å². The van der Waals surface area contributed by atoms with Gasteiger partial charge in [0.15, 0.2) is 5.13 Å². The molecule has 0 saturated carbocycles. The number of amides is 2. The Kier molecular flexibility index (Phi) is 5.74. The van der Waals surface area contributed by atoms with Gasteiger partial charge in [0, 0.05) is 18.1 Å². The summed E-state index contributed by atoms with van der Waals surface area (Å²) in [6.45, 7) is 0.484. The van der Waals surface area contributed by atoms with E-state index >= 15 is 0 Å². The number of carbonyl (C=O) groups is 1.